The van der Waals surface area contributed by atoms with Gasteiger partial charge < -0.3 is 16.0 Å². The number of benzene rings is 1. The number of nitrogens with one attached hydrogen (secondary N) is 1. The first-order valence-corrected chi connectivity index (χ1v) is 7.45. The largest absolute Gasteiger partial charge is 0.399 e. The van der Waals surface area contributed by atoms with Gasteiger partial charge in [0.25, 0.3) is 0 Å². The summed E-state index contributed by atoms with van der Waals surface area (Å²) in [5, 5.41) is 2.84. The molecule has 0 fully saturated rings. The molecule has 3 N–H and O–H groups in total. The van der Waals surface area contributed by atoms with Crippen LogP contribution in [0.4, 0.5) is 5.69 Å². The molecule has 0 aromatic heterocycles. The second kappa shape index (κ2) is 10.9. The van der Waals surface area contributed by atoms with Gasteiger partial charge in [0, 0.05) is 31.7 Å². The van der Waals surface area contributed by atoms with Gasteiger partial charge in [-0.25, -0.2) is 0 Å². The number of hydrogen-bond donors (Lipinski definition) is 2. The van der Waals surface area contributed by atoms with Gasteiger partial charge in [-0.2, -0.15) is 0 Å². The van der Waals surface area contributed by atoms with Crippen molar-refractivity contribution in [3.8, 4) is 0 Å². The highest BCUT2D eigenvalue weighted by Gasteiger charge is 2.09. The van der Waals surface area contributed by atoms with Crippen LogP contribution in [-0.2, 0) is 16.0 Å². The quantitative estimate of drug-likeness (QED) is 0.566. The van der Waals surface area contributed by atoms with Crippen molar-refractivity contribution >= 4 is 29.9 Å². The Bertz CT molecular complexity index is 459. The minimum atomic E-state index is -0.0324. The third-order valence-corrected chi connectivity index (χ3v) is 3.35. The fourth-order valence-corrected chi connectivity index (χ4v) is 2.09. The summed E-state index contributed by atoms with van der Waals surface area (Å²) in [5.41, 5.74) is 7.22. The van der Waals surface area contributed by atoms with Gasteiger partial charge in [-0.05, 0) is 38.0 Å². The van der Waals surface area contributed by atoms with E-state index in [1.54, 1.807) is 17.0 Å². The lowest BCUT2D eigenvalue weighted by molar-refractivity contribution is -0.131. The SMILES string of the molecule is CCN(CC)C(=O)CCCNC(=O)Cc1ccc(N)cc1.Cl. The van der Waals surface area contributed by atoms with Crippen molar-refractivity contribution in [1.29, 1.82) is 0 Å². The van der Waals surface area contributed by atoms with Crippen molar-refractivity contribution in [2.75, 3.05) is 25.4 Å². The van der Waals surface area contributed by atoms with Crippen LogP contribution < -0.4 is 11.1 Å². The van der Waals surface area contributed by atoms with E-state index in [2.05, 4.69) is 5.32 Å². The summed E-state index contributed by atoms with van der Waals surface area (Å²) in [5.74, 6) is 0.114. The van der Waals surface area contributed by atoms with E-state index in [4.69, 9.17) is 5.73 Å². The van der Waals surface area contributed by atoms with Crippen molar-refractivity contribution in [2.45, 2.75) is 33.1 Å². The maximum Gasteiger partial charge on any atom is 0.224 e. The molecule has 124 valence electrons. The number of anilines is 1. The Morgan fingerprint density at radius 1 is 1.14 bits per heavy atom. The van der Waals surface area contributed by atoms with Crippen LogP contribution in [0.25, 0.3) is 0 Å². The van der Waals surface area contributed by atoms with E-state index in [1.807, 2.05) is 26.0 Å². The predicted molar refractivity (Wildman–Crippen MR) is 92.0 cm³/mol. The topological polar surface area (TPSA) is 75.4 Å². The zero-order valence-corrected chi connectivity index (χ0v) is 14.1. The number of nitrogen functional groups attached to an aromatic ring is 1. The van der Waals surface area contributed by atoms with Gasteiger partial charge >= 0.3 is 0 Å². The summed E-state index contributed by atoms with van der Waals surface area (Å²) in [7, 11) is 0. The Hall–Kier alpha value is -1.75. The monoisotopic (exact) mass is 327 g/mol. The Kier molecular flexibility index (Phi) is 10.0. The highest BCUT2D eigenvalue weighted by molar-refractivity contribution is 5.85. The second-order valence-electron chi connectivity index (χ2n) is 4.94. The Morgan fingerprint density at radius 3 is 2.27 bits per heavy atom. The molecule has 0 saturated heterocycles. The summed E-state index contributed by atoms with van der Waals surface area (Å²) in [6.45, 7) is 5.93. The molecule has 1 rings (SSSR count). The number of carbonyl (C=O) groups is 2. The number of carbonyl (C=O) groups excluding carboxylic acids is 2. The molecular formula is C16H26ClN3O2. The smallest absolute Gasteiger partial charge is 0.224 e. The Morgan fingerprint density at radius 2 is 1.73 bits per heavy atom. The zero-order valence-electron chi connectivity index (χ0n) is 13.3. The minimum Gasteiger partial charge on any atom is -0.399 e. The normalized spacial score (nSPS) is 9.73. The average Bonchev–Trinajstić information content (AvgIpc) is 2.47. The second-order valence-corrected chi connectivity index (χ2v) is 4.94. The number of amides is 2. The zero-order chi connectivity index (χ0) is 15.7. The lowest BCUT2D eigenvalue weighted by atomic mass is 10.1. The van der Waals surface area contributed by atoms with Crippen molar-refractivity contribution in [3.63, 3.8) is 0 Å². The Labute approximate surface area is 138 Å². The third-order valence-electron chi connectivity index (χ3n) is 3.35. The minimum absolute atomic E-state index is 0. The van der Waals surface area contributed by atoms with E-state index >= 15 is 0 Å². The first-order chi connectivity index (χ1) is 10.1. The van der Waals surface area contributed by atoms with Crippen LogP contribution in [0, 0.1) is 0 Å². The molecule has 0 unspecified atom stereocenters. The molecule has 0 aliphatic heterocycles. The number of hydrogen-bond acceptors (Lipinski definition) is 3. The van der Waals surface area contributed by atoms with Crippen LogP contribution in [-0.4, -0.2) is 36.3 Å². The molecule has 0 atom stereocenters. The molecule has 1 aromatic carbocycles. The van der Waals surface area contributed by atoms with Crippen molar-refractivity contribution < 1.29 is 9.59 Å². The molecule has 0 radical (unpaired) electrons. The summed E-state index contributed by atoms with van der Waals surface area (Å²) in [4.78, 5) is 25.3. The van der Waals surface area contributed by atoms with Crippen LogP contribution >= 0.6 is 12.4 Å². The van der Waals surface area contributed by atoms with Crippen LogP contribution in [0.1, 0.15) is 32.3 Å². The molecule has 0 aliphatic rings. The van der Waals surface area contributed by atoms with Crippen molar-refractivity contribution in [2.24, 2.45) is 0 Å². The van der Waals surface area contributed by atoms with Gasteiger partial charge in [0.2, 0.25) is 11.8 Å². The maximum absolute atomic E-state index is 11.8. The number of nitrogens with zero attached hydrogens (tertiary/aromatic N) is 1. The van der Waals surface area contributed by atoms with E-state index in [0.717, 1.165) is 18.7 Å². The van der Waals surface area contributed by atoms with Crippen LogP contribution in [0.5, 0.6) is 0 Å². The van der Waals surface area contributed by atoms with Gasteiger partial charge in [0.1, 0.15) is 0 Å². The van der Waals surface area contributed by atoms with Crippen LogP contribution in [0.2, 0.25) is 0 Å². The lowest BCUT2D eigenvalue weighted by Gasteiger charge is -2.18. The highest BCUT2D eigenvalue weighted by Crippen LogP contribution is 2.06. The van der Waals surface area contributed by atoms with Gasteiger partial charge in [-0.3, -0.25) is 9.59 Å². The van der Waals surface area contributed by atoms with Gasteiger partial charge in [-0.1, -0.05) is 12.1 Å². The maximum atomic E-state index is 11.8. The lowest BCUT2D eigenvalue weighted by Crippen LogP contribution is -2.32. The summed E-state index contributed by atoms with van der Waals surface area (Å²) >= 11 is 0. The first-order valence-electron chi connectivity index (χ1n) is 7.45. The molecule has 5 nitrogen and oxygen atoms in total. The van der Waals surface area contributed by atoms with E-state index < -0.39 is 0 Å². The molecule has 1 aromatic rings. The molecule has 0 spiro atoms. The molecule has 2 amide bonds. The van der Waals surface area contributed by atoms with E-state index in [9.17, 15) is 9.59 Å². The van der Waals surface area contributed by atoms with E-state index in [1.165, 1.54) is 0 Å². The average molecular weight is 328 g/mol. The predicted octanol–water partition coefficient (Wildman–Crippen LogP) is 2.00. The number of nitrogens with two attached hydrogens (primary N) is 1. The van der Waals surface area contributed by atoms with Crippen LogP contribution in [0.3, 0.4) is 0 Å². The Balaban J connectivity index is 0.00000441. The third kappa shape index (κ3) is 7.31. The molecule has 6 heteroatoms. The highest BCUT2D eigenvalue weighted by atomic mass is 35.5. The molecule has 0 saturated carbocycles. The van der Waals surface area contributed by atoms with Crippen molar-refractivity contribution in [3.05, 3.63) is 29.8 Å². The standard InChI is InChI=1S/C16H25N3O2.ClH/c1-3-19(4-2)16(21)6-5-11-18-15(20)12-13-7-9-14(17)10-8-13;/h7-10H,3-6,11-12,17H2,1-2H3,(H,18,20);1H. The molecule has 0 bridgehead atoms. The number of halogens is 1. The molecular weight excluding hydrogens is 302 g/mol. The fourth-order valence-electron chi connectivity index (χ4n) is 2.09. The molecule has 0 aliphatic carbocycles. The summed E-state index contributed by atoms with van der Waals surface area (Å²) in [6, 6.07) is 7.26. The summed E-state index contributed by atoms with van der Waals surface area (Å²) < 4.78 is 0. The molecule has 22 heavy (non-hydrogen) atoms. The number of rotatable bonds is 8. The van der Waals surface area contributed by atoms with E-state index in [0.29, 0.717) is 31.5 Å². The summed E-state index contributed by atoms with van der Waals surface area (Å²) in [6.07, 6.45) is 1.48. The fraction of sp³-hybridized carbons (Fsp3) is 0.500. The van der Waals surface area contributed by atoms with E-state index in [-0.39, 0.29) is 24.2 Å². The van der Waals surface area contributed by atoms with Gasteiger partial charge in [-0.15, -0.1) is 12.4 Å². The van der Waals surface area contributed by atoms with Gasteiger partial charge in [0.15, 0.2) is 0 Å². The first kappa shape index (κ1) is 20.2. The van der Waals surface area contributed by atoms with Crippen LogP contribution in [0.15, 0.2) is 24.3 Å². The van der Waals surface area contributed by atoms with Gasteiger partial charge in [0.05, 0.1) is 6.42 Å². The van der Waals surface area contributed by atoms with Crippen molar-refractivity contribution in [1.82, 2.24) is 10.2 Å². The molecule has 0 heterocycles.